The van der Waals surface area contributed by atoms with Gasteiger partial charge in [0.1, 0.15) is 5.75 Å². The molecule has 0 aliphatic rings. The molecule has 0 spiro atoms. The van der Waals surface area contributed by atoms with Crippen molar-refractivity contribution in [1.29, 1.82) is 0 Å². The molecule has 2 aromatic heterocycles. The van der Waals surface area contributed by atoms with Crippen molar-refractivity contribution in [2.45, 2.75) is 26.1 Å². The largest absolute Gasteiger partial charge is 0.495 e. The van der Waals surface area contributed by atoms with E-state index < -0.39 is 23.2 Å². The number of amides is 1. The molecule has 7 nitrogen and oxygen atoms in total. The van der Waals surface area contributed by atoms with Gasteiger partial charge in [-0.05, 0) is 24.6 Å². The summed E-state index contributed by atoms with van der Waals surface area (Å²) in [5.41, 5.74) is -0.649. The van der Waals surface area contributed by atoms with Crippen molar-refractivity contribution in [2.75, 3.05) is 12.4 Å². The first-order chi connectivity index (χ1) is 13.6. The van der Waals surface area contributed by atoms with Gasteiger partial charge in [0.15, 0.2) is 5.65 Å². The Morgan fingerprint density at radius 3 is 2.66 bits per heavy atom. The highest BCUT2D eigenvalue weighted by molar-refractivity contribution is 5.92. The van der Waals surface area contributed by atoms with E-state index in [0.717, 1.165) is 10.1 Å². The predicted octanol–water partition coefficient (Wildman–Crippen LogP) is 3.10. The minimum absolute atomic E-state index is 0.117. The molecule has 0 saturated heterocycles. The Morgan fingerprint density at radius 1 is 1.28 bits per heavy atom. The number of carbonyl (C=O) groups excluding carboxylic acids is 1. The maximum Gasteiger partial charge on any atom is 0.417 e. The first-order valence-electron chi connectivity index (χ1n) is 8.69. The van der Waals surface area contributed by atoms with Gasteiger partial charge in [-0.1, -0.05) is 6.07 Å². The number of nitrogens with one attached hydrogen (secondary N) is 1. The second kappa shape index (κ2) is 7.61. The van der Waals surface area contributed by atoms with Crippen LogP contribution in [0.4, 0.5) is 18.9 Å². The summed E-state index contributed by atoms with van der Waals surface area (Å²) in [4.78, 5) is 24.6. The summed E-state index contributed by atoms with van der Waals surface area (Å²) in [6.45, 7) is 1.74. The number of ether oxygens (including phenoxy) is 1. The zero-order valence-corrected chi connectivity index (χ0v) is 16.0. The zero-order chi connectivity index (χ0) is 21.3. The van der Waals surface area contributed by atoms with Crippen LogP contribution in [0.1, 0.15) is 17.5 Å². The number of nitrogens with zero attached hydrogens (tertiary/aromatic N) is 3. The summed E-state index contributed by atoms with van der Waals surface area (Å²) < 4.78 is 47.2. The van der Waals surface area contributed by atoms with Crippen LogP contribution >= 0.6 is 0 Å². The molecule has 0 aliphatic carbocycles. The van der Waals surface area contributed by atoms with Crippen molar-refractivity contribution in [3.8, 4) is 5.75 Å². The Hall–Kier alpha value is -3.30. The molecule has 1 amide bonds. The van der Waals surface area contributed by atoms with E-state index in [1.165, 1.54) is 25.0 Å². The Kier molecular flexibility index (Phi) is 5.36. The van der Waals surface area contributed by atoms with E-state index in [1.54, 1.807) is 12.1 Å². The molecule has 0 radical (unpaired) electrons. The van der Waals surface area contributed by atoms with E-state index in [2.05, 4.69) is 10.4 Å². The maximum atomic E-state index is 13.2. The van der Waals surface area contributed by atoms with Gasteiger partial charge in [0.25, 0.3) is 5.56 Å². The molecule has 0 unspecified atom stereocenters. The molecule has 2 heterocycles. The molecule has 3 rings (SSSR count). The minimum Gasteiger partial charge on any atom is -0.495 e. The smallest absolute Gasteiger partial charge is 0.417 e. The Labute approximate surface area is 163 Å². The van der Waals surface area contributed by atoms with Crippen LogP contribution in [-0.4, -0.2) is 27.4 Å². The van der Waals surface area contributed by atoms with Crippen LogP contribution in [0.15, 0.2) is 35.3 Å². The van der Waals surface area contributed by atoms with Crippen LogP contribution in [0.5, 0.6) is 5.75 Å². The van der Waals surface area contributed by atoms with Crippen LogP contribution in [0.25, 0.3) is 11.0 Å². The lowest BCUT2D eigenvalue weighted by atomic mass is 10.1. The van der Waals surface area contributed by atoms with Crippen molar-refractivity contribution in [1.82, 2.24) is 14.3 Å². The molecule has 0 saturated carbocycles. The van der Waals surface area contributed by atoms with Crippen LogP contribution in [0.3, 0.4) is 0 Å². The molecular weight excluding hydrogens is 389 g/mol. The van der Waals surface area contributed by atoms with Gasteiger partial charge < -0.3 is 10.1 Å². The van der Waals surface area contributed by atoms with Crippen molar-refractivity contribution in [2.24, 2.45) is 7.05 Å². The standard InChI is InChI=1S/C19H19F3N4O3/c1-11-4-5-15(29-3)14(8-11)23-16(27)6-7-26-17(28)9-13(19(20,21)22)12-10-25(2)24-18(12)26/h4-5,8-10H,6-7H2,1-3H3,(H,23,27). The Bertz CT molecular complexity index is 1130. The number of aryl methyl sites for hydroxylation is 3. The third kappa shape index (κ3) is 4.25. The number of rotatable bonds is 5. The fourth-order valence-corrected chi connectivity index (χ4v) is 3.05. The van der Waals surface area contributed by atoms with Gasteiger partial charge in [-0.15, -0.1) is 0 Å². The molecule has 1 aromatic carbocycles. The normalized spacial score (nSPS) is 11.7. The summed E-state index contributed by atoms with van der Waals surface area (Å²) in [7, 11) is 2.94. The number of aromatic nitrogens is 3. The molecule has 0 fully saturated rings. The van der Waals surface area contributed by atoms with Crippen molar-refractivity contribution in [3.05, 3.63) is 51.9 Å². The number of hydrogen-bond acceptors (Lipinski definition) is 4. The third-order valence-electron chi connectivity index (χ3n) is 4.39. The molecule has 0 bridgehead atoms. The quantitative estimate of drug-likeness (QED) is 0.704. The lowest BCUT2D eigenvalue weighted by Crippen LogP contribution is -2.25. The number of carbonyl (C=O) groups is 1. The van der Waals surface area contributed by atoms with Gasteiger partial charge in [-0.25, -0.2) is 0 Å². The Morgan fingerprint density at radius 2 is 2.00 bits per heavy atom. The van der Waals surface area contributed by atoms with Gasteiger partial charge in [-0.2, -0.15) is 18.3 Å². The minimum atomic E-state index is -4.68. The maximum absolute atomic E-state index is 13.2. The van der Waals surface area contributed by atoms with E-state index in [1.807, 2.05) is 13.0 Å². The van der Waals surface area contributed by atoms with Gasteiger partial charge in [0.05, 0.1) is 18.4 Å². The van der Waals surface area contributed by atoms with Crippen LogP contribution in [0, 0.1) is 6.92 Å². The van der Waals surface area contributed by atoms with Gasteiger partial charge in [0, 0.05) is 37.7 Å². The monoisotopic (exact) mass is 408 g/mol. The summed E-state index contributed by atoms with van der Waals surface area (Å²) in [5, 5.41) is 6.48. The van der Waals surface area contributed by atoms with Crippen molar-refractivity contribution < 1.29 is 22.7 Å². The van der Waals surface area contributed by atoms with Crippen LogP contribution in [0.2, 0.25) is 0 Å². The number of methoxy groups -OCH3 is 1. The van der Waals surface area contributed by atoms with Crippen LogP contribution in [-0.2, 0) is 24.6 Å². The second-order valence-electron chi connectivity index (χ2n) is 6.59. The van der Waals surface area contributed by atoms with E-state index in [9.17, 15) is 22.8 Å². The molecule has 29 heavy (non-hydrogen) atoms. The molecule has 1 N–H and O–H groups in total. The lowest BCUT2D eigenvalue weighted by molar-refractivity contribution is -0.136. The summed E-state index contributed by atoms with van der Waals surface area (Å²) in [5.74, 6) is 0.0625. The number of hydrogen-bond donors (Lipinski definition) is 1. The summed E-state index contributed by atoms with van der Waals surface area (Å²) in [6.07, 6.45) is -3.61. The number of pyridine rings is 1. The molecule has 0 atom stereocenters. The van der Waals surface area contributed by atoms with E-state index in [4.69, 9.17) is 4.74 Å². The van der Waals surface area contributed by atoms with Gasteiger partial charge in [0.2, 0.25) is 5.91 Å². The average Bonchev–Trinajstić information content (AvgIpc) is 3.00. The third-order valence-corrected chi connectivity index (χ3v) is 4.39. The molecule has 10 heteroatoms. The fraction of sp³-hybridized carbons (Fsp3) is 0.316. The van der Waals surface area contributed by atoms with E-state index in [0.29, 0.717) is 17.5 Å². The SMILES string of the molecule is COc1ccc(C)cc1NC(=O)CCn1c(=O)cc(C(F)(F)F)c2cn(C)nc21. The number of fused-ring (bicyclic) bond motifs is 1. The lowest BCUT2D eigenvalue weighted by Gasteiger charge is -2.13. The van der Waals surface area contributed by atoms with Gasteiger partial charge >= 0.3 is 6.18 Å². The van der Waals surface area contributed by atoms with Gasteiger partial charge in [-0.3, -0.25) is 18.8 Å². The molecule has 0 aliphatic heterocycles. The predicted molar refractivity (Wildman–Crippen MR) is 101 cm³/mol. The topological polar surface area (TPSA) is 78.1 Å². The van der Waals surface area contributed by atoms with Crippen LogP contribution < -0.4 is 15.6 Å². The zero-order valence-electron chi connectivity index (χ0n) is 16.0. The molecule has 3 aromatic rings. The number of anilines is 1. The summed E-state index contributed by atoms with van der Waals surface area (Å²) in [6, 6.07) is 5.81. The number of benzene rings is 1. The Balaban J connectivity index is 1.86. The highest BCUT2D eigenvalue weighted by Gasteiger charge is 2.34. The summed E-state index contributed by atoms with van der Waals surface area (Å²) >= 11 is 0. The number of alkyl halides is 3. The molecular formula is C19H19F3N4O3. The number of halogens is 3. The van der Waals surface area contributed by atoms with E-state index >= 15 is 0 Å². The molecule has 154 valence electrons. The van der Waals surface area contributed by atoms with E-state index in [-0.39, 0.29) is 24.0 Å². The highest BCUT2D eigenvalue weighted by Crippen LogP contribution is 2.33. The van der Waals surface area contributed by atoms with Crippen molar-refractivity contribution >= 4 is 22.6 Å². The second-order valence-corrected chi connectivity index (χ2v) is 6.59. The fourth-order valence-electron chi connectivity index (χ4n) is 3.05. The van der Waals surface area contributed by atoms with Crippen molar-refractivity contribution in [3.63, 3.8) is 0 Å². The highest BCUT2D eigenvalue weighted by atomic mass is 19.4. The first-order valence-corrected chi connectivity index (χ1v) is 8.69. The first kappa shape index (κ1) is 20.4. The average molecular weight is 408 g/mol.